The smallest absolute Gasteiger partial charge is 0.308 e. The van der Waals surface area contributed by atoms with Gasteiger partial charge in [0.05, 0.1) is 10.8 Å². The quantitative estimate of drug-likeness (QED) is 0.536. The summed E-state index contributed by atoms with van der Waals surface area (Å²) >= 11 is 0. The third-order valence-electron chi connectivity index (χ3n) is 2.79. The molecule has 1 aromatic heterocycles. The van der Waals surface area contributed by atoms with E-state index in [1.165, 1.54) is 0 Å². The Morgan fingerprint density at radius 2 is 2.19 bits per heavy atom. The lowest BCUT2D eigenvalue weighted by molar-refractivity contribution is -0.385. The van der Waals surface area contributed by atoms with Gasteiger partial charge in [-0.25, -0.2) is 0 Å². The van der Waals surface area contributed by atoms with Gasteiger partial charge in [-0.2, -0.15) is 5.10 Å². The first-order chi connectivity index (χ1) is 9.79. The molecule has 21 heavy (non-hydrogen) atoms. The molecular formula is C12H18N4O5. The first-order valence-electron chi connectivity index (χ1n) is 6.46. The number of carboxylic acid groups (broad SMARTS) is 1. The fourth-order valence-corrected chi connectivity index (χ4v) is 1.81. The number of carbonyl (C=O) groups is 2. The highest BCUT2D eigenvalue weighted by atomic mass is 16.6. The van der Waals surface area contributed by atoms with Gasteiger partial charge in [-0.1, -0.05) is 13.8 Å². The maximum Gasteiger partial charge on any atom is 0.308 e. The number of nitrogens with one attached hydrogen (secondary N) is 1. The highest BCUT2D eigenvalue weighted by Crippen LogP contribution is 2.11. The molecule has 0 aliphatic carbocycles. The van der Waals surface area contributed by atoms with Crippen LogP contribution in [0, 0.1) is 22.0 Å². The number of carboxylic acids is 1. The second-order valence-corrected chi connectivity index (χ2v) is 5.12. The lowest BCUT2D eigenvalue weighted by atomic mass is 9.97. The van der Waals surface area contributed by atoms with E-state index in [1.807, 2.05) is 13.8 Å². The highest BCUT2D eigenvalue weighted by molar-refractivity contribution is 5.77. The lowest BCUT2D eigenvalue weighted by Gasteiger charge is -2.15. The van der Waals surface area contributed by atoms with Gasteiger partial charge in [0.1, 0.15) is 18.9 Å². The van der Waals surface area contributed by atoms with Crippen molar-refractivity contribution in [2.24, 2.45) is 11.8 Å². The van der Waals surface area contributed by atoms with Crippen LogP contribution in [0.1, 0.15) is 20.3 Å². The van der Waals surface area contributed by atoms with Gasteiger partial charge in [0, 0.05) is 6.54 Å². The van der Waals surface area contributed by atoms with Crippen molar-refractivity contribution in [2.75, 3.05) is 6.54 Å². The van der Waals surface area contributed by atoms with Crippen molar-refractivity contribution in [2.45, 2.75) is 26.8 Å². The van der Waals surface area contributed by atoms with Gasteiger partial charge < -0.3 is 10.4 Å². The molecule has 116 valence electrons. The molecule has 0 aliphatic rings. The van der Waals surface area contributed by atoms with Crippen molar-refractivity contribution in [1.82, 2.24) is 15.1 Å². The van der Waals surface area contributed by atoms with Crippen molar-refractivity contribution >= 4 is 17.6 Å². The second-order valence-electron chi connectivity index (χ2n) is 5.12. The highest BCUT2D eigenvalue weighted by Gasteiger charge is 2.20. The topological polar surface area (TPSA) is 127 Å². The standard InChI is InChI=1S/C12H18N4O5/c1-8(2)3-9(12(18)19)4-13-11(17)7-15-6-10(5-14-15)16(20)21/h5-6,8-9H,3-4,7H2,1-2H3,(H,13,17)(H,18,19). The minimum Gasteiger partial charge on any atom is -0.481 e. The Morgan fingerprint density at radius 3 is 2.67 bits per heavy atom. The predicted molar refractivity (Wildman–Crippen MR) is 72.5 cm³/mol. The van der Waals surface area contributed by atoms with Gasteiger partial charge >= 0.3 is 11.7 Å². The van der Waals surface area contributed by atoms with E-state index in [-0.39, 0.29) is 24.7 Å². The summed E-state index contributed by atoms with van der Waals surface area (Å²) in [6, 6.07) is 0. The molecule has 0 saturated carbocycles. The molecule has 2 N–H and O–H groups in total. The summed E-state index contributed by atoms with van der Waals surface area (Å²) in [7, 11) is 0. The zero-order valence-corrected chi connectivity index (χ0v) is 11.9. The molecule has 1 unspecified atom stereocenters. The van der Waals surface area contributed by atoms with E-state index in [0.29, 0.717) is 6.42 Å². The lowest BCUT2D eigenvalue weighted by Crippen LogP contribution is -2.35. The van der Waals surface area contributed by atoms with Gasteiger partial charge in [0.25, 0.3) is 0 Å². The van der Waals surface area contributed by atoms with Gasteiger partial charge in [0.2, 0.25) is 5.91 Å². The largest absolute Gasteiger partial charge is 0.481 e. The summed E-state index contributed by atoms with van der Waals surface area (Å²) in [4.78, 5) is 32.6. The Morgan fingerprint density at radius 1 is 1.52 bits per heavy atom. The van der Waals surface area contributed by atoms with Crippen molar-refractivity contribution < 1.29 is 19.6 Å². The van der Waals surface area contributed by atoms with Crippen LogP contribution >= 0.6 is 0 Å². The molecule has 1 amide bonds. The number of hydrogen-bond donors (Lipinski definition) is 2. The van der Waals surface area contributed by atoms with E-state index < -0.39 is 22.7 Å². The molecule has 1 heterocycles. The summed E-state index contributed by atoms with van der Waals surface area (Å²) in [6.45, 7) is 3.64. The van der Waals surface area contributed by atoms with Gasteiger partial charge in [0.15, 0.2) is 0 Å². The molecular weight excluding hydrogens is 280 g/mol. The van der Waals surface area contributed by atoms with Gasteiger partial charge in [-0.15, -0.1) is 0 Å². The number of hydrogen-bond acceptors (Lipinski definition) is 5. The molecule has 1 rings (SSSR count). The SMILES string of the molecule is CC(C)CC(CNC(=O)Cn1cc([N+](=O)[O-])cn1)C(=O)O. The van der Waals surface area contributed by atoms with Crippen LogP contribution in [0.5, 0.6) is 0 Å². The fourth-order valence-electron chi connectivity index (χ4n) is 1.81. The average Bonchev–Trinajstić information content (AvgIpc) is 2.82. The number of nitrogens with zero attached hydrogens (tertiary/aromatic N) is 3. The zero-order chi connectivity index (χ0) is 16.0. The number of aliphatic carboxylic acids is 1. The molecule has 1 atom stereocenters. The van der Waals surface area contributed by atoms with Gasteiger partial charge in [-0.3, -0.25) is 24.4 Å². The van der Waals surface area contributed by atoms with Crippen LogP contribution in [0.25, 0.3) is 0 Å². The summed E-state index contributed by atoms with van der Waals surface area (Å²) in [6.07, 6.45) is 2.65. The van der Waals surface area contributed by atoms with E-state index in [1.54, 1.807) is 0 Å². The summed E-state index contributed by atoms with van der Waals surface area (Å²) in [5.41, 5.74) is -0.203. The summed E-state index contributed by atoms with van der Waals surface area (Å²) in [5, 5.41) is 25.7. The van der Waals surface area contributed by atoms with E-state index in [4.69, 9.17) is 5.11 Å². The number of rotatable bonds is 8. The minimum atomic E-state index is -0.960. The van der Waals surface area contributed by atoms with E-state index >= 15 is 0 Å². The number of amides is 1. The number of nitro groups is 1. The molecule has 9 heteroatoms. The van der Waals surface area contributed by atoms with Crippen LogP contribution in [0.15, 0.2) is 12.4 Å². The summed E-state index contributed by atoms with van der Waals surface area (Å²) in [5.74, 6) is -1.85. The molecule has 0 saturated heterocycles. The van der Waals surface area contributed by atoms with Crippen molar-refractivity contribution in [3.05, 3.63) is 22.5 Å². The Balaban J connectivity index is 2.48. The second kappa shape index (κ2) is 7.36. The Hall–Kier alpha value is -2.45. The van der Waals surface area contributed by atoms with E-state index in [2.05, 4.69) is 10.4 Å². The van der Waals surface area contributed by atoms with Crippen LogP contribution in [0.4, 0.5) is 5.69 Å². The molecule has 0 aromatic carbocycles. The van der Waals surface area contributed by atoms with Crippen LogP contribution < -0.4 is 5.32 Å². The Kier molecular flexibility index (Phi) is 5.82. The number of carbonyl (C=O) groups excluding carboxylic acids is 1. The maximum atomic E-state index is 11.7. The maximum absolute atomic E-state index is 11.7. The third-order valence-corrected chi connectivity index (χ3v) is 2.79. The number of aromatic nitrogens is 2. The molecule has 0 fully saturated rings. The van der Waals surface area contributed by atoms with Crippen molar-refractivity contribution in [1.29, 1.82) is 0 Å². The fraction of sp³-hybridized carbons (Fsp3) is 0.583. The first kappa shape index (κ1) is 16.6. The average molecular weight is 298 g/mol. The first-order valence-corrected chi connectivity index (χ1v) is 6.46. The van der Waals surface area contributed by atoms with Crippen LogP contribution in [-0.2, 0) is 16.1 Å². The van der Waals surface area contributed by atoms with Crippen LogP contribution in [0.3, 0.4) is 0 Å². The Labute approximate surface area is 121 Å². The predicted octanol–water partition coefficient (Wildman–Crippen LogP) is 0.654. The summed E-state index contributed by atoms with van der Waals surface area (Å²) < 4.78 is 1.13. The zero-order valence-electron chi connectivity index (χ0n) is 11.9. The molecule has 0 radical (unpaired) electrons. The van der Waals surface area contributed by atoms with Gasteiger partial charge in [-0.05, 0) is 12.3 Å². The van der Waals surface area contributed by atoms with Crippen LogP contribution in [0.2, 0.25) is 0 Å². The normalized spacial score (nSPS) is 12.1. The molecule has 0 spiro atoms. The monoisotopic (exact) mass is 298 g/mol. The van der Waals surface area contributed by atoms with Crippen LogP contribution in [-0.4, -0.2) is 38.2 Å². The molecule has 0 aliphatic heterocycles. The Bertz CT molecular complexity index is 525. The third kappa shape index (κ3) is 5.59. The minimum absolute atomic E-state index is 0.0235. The van der Waals surface area contributed by atoms with Crippen molar-refractivity contribution in [3.8, 4) is 0 Å². The van der Waals surface area contributed by atoms with E-state index in [9.17, 15) is 19.7 Å². The van der Waals surface area contributed by atoms with Crippen molar-refractivity contribution in [3.63, 3.8) is 0 Å². The molecule has 1 aromatic rings. The van der Waals surface area contributed by atoms with E-state index in [0.717, 1.165) is 17.1 Å². The molecule has 0 bridgehead atoms. The molecule has 9 nitrogen and oxygen atoms in total.